The zero-order valence-corrected chi connectivity index (χ0v) is 15.6. The van der Waals surface area contributed by atoms with E-state index in [0.29, 0.717) is 6.54 Å². The Kier molecular flexibility index (Phi) is 6.38. The summed E-state index contributed by atoms with van der Waals surface area (Å²) in [5.41, 5.74) is 0.698. The number of carbonyl (C=O) groups excluding carboxylic acids is 1. The molecule has 1 atom stereocenters. The highest BCUT2D eigenvalue weighted by atomic mass is 32.1. The number of rotatable bonds is 6. The molecule has 0 aliphatic heterocycles. The molecule has 0 radical (unpaired) electrons. The molecular weight excluding hydrogens is 298 g/mol. The third-order valence-electron chi connectivity index (χ3n) is 3.35. The predicted molar refractivity (Wildman–Crippen MR) is 91.4 cm³/mol. The van der Waals surface area contributed by atoms with E-state index < -0.39 is 0 Å². The largest absolute Gasteiger partial charge is 0.379 e. The van der Waals surface area contributed by atoms with Gasteiger partial charge in [-0.2, -0.15) is 0 Å². The molecule has 126 valence electrons. The second-order valence-electron chi connectivity index (χ2n) is 7.29. The fourth-order valence-corrected chi connectivity index (χ4v) is 2.96. The van der Waals surface area contributed by atoms with Gasteiger partial charge in [0.25, 0.3) is 0 Å². The van der Waals surface area contributed by atoms with E-state index in [2.05, 4.69) is 36.4 Å². The first-order chi connectivity index (χ1) is 10.0. The second kappa shape index (κ2) is 7.42. The average Bonchev–Trinajstić information content (AvgIpc) is 2.84. The van der Waals surface area contributed by atoms with Crippen LogP contribution in [0.5, 0.6) is 0 Å². The number of carbonyl (C=O) groups is 1. The van der Waals surface area contributed by atoms with Gasteiger partial charge in [-0.05, 0) is 27.2 Å². The van der Waals surface area contributed by atoms with Gasteiger partial charge >= 0.3 is 6.03 Å². The van der Waals surface area contributed by atoms with Crippen molar-refractivity contribution in [3.63, 3.8) is 0 Å². The number of nitrogens with zero attached hydrogens (tertiary/aromatic N) is 1. The summed E-state index contributed by atoms with van der Waals surface area (Å²) in [7, 11) is 1.68. The van der Waals surface area contributed by atoms with Gasteiger partial charge in [0.2, 0.25) is 0 Å². The van der Waals surface area contributed by atoms with Crippen molar-refractivity contribution in [1.82, 2.24) is 15.6 Å². The minimum Gasteiger partial charge on any atom is -0.379 e. The monoisotopic (exact) mass is 327 g/mol. The minimum absolute atomic E-state index is 0.0375. The van der Waals surface area contributed by atoms with Crippen molar-refractivity contribution >= 4 is 17.4 Å². The first kappa shape index (κ1) is 18.9. The molecule has 5 nitrogen and oxygen atoms in total. The molecule has 1 heterocycles. The quantitative estimate of drug-likeness (QED) is 0.841. The fraction of sp³-hybridized carbons (Fsp3) is 0.750. The predicted octanol–water partition coefficient (Wildman–Crippen LogP) is 3.44. The summed E-state index contributed by atoms with van der Waals surface area (Å²) in [4.78, 5) is 16.5. The number of ether oxygens (including phenoxy) is 1. The number of nitrogens with one attached hydrogen (secondary N) is 2. The Morgan fingerprint density at radius 3 is 2.50 bits per heavy atom. The van der Waals surface area contributed by atoms with Gasteiger partial charge in [0.05, 0.1) is 22.8 Å². The molecule has 0 fully saturated rings. The lowest BCUT2D eigenvalue weighted by Gasteiger charge is -2.27. The van der Waals surface area contributed by atoms with Crippen LogP contribution in [0.15, 0.2) is 5.38 Å². The van der Waals surface area contributed by atoms with Gasteiger partial charge in [-0.15, -0.1) is 11.3 Å². The van der Waals surface area contributed by atoms with E-state index in [0.717, 1.165) is 17.1 Å². The summed E-state index contributed by atoms with van der Waals surface area (Å²) in [6.45, 7) is 12.8. The molecule has 0 aliphatic rings. The zero-order valence-electron chi connectivity index (χ0n) is 14.7. The minimum atomic E-state index is -0.247. The van der Waals surface area contributed by atoms with Crippen LogP contribution in [0.1, 0.15) is 58.7 Å². The molecule has 0 saturated heterocycles. The lowest BCUT2D eigenvalue weighted by Crippen LogP contribution is -2.43. The van der Waals surface area contributed by atoms with Crippen molar-refractivity contribution in [2.45, 2.75) is 71.6 Å². The summed E-state index contributed by atoms with van der Waals surface area (Å²) in [6.07, 6.45) is 0.752. The number of methoxy groups -OCH3 is 1. The Balaban J connectivity index is 2.42. The maximum absolute atomic E-state index is 11.9. The smallest absolute Gasteiger partial charge is 0.315 e. The summed E-state index contributed by atoms with van der Waals surface area (Å²) < 4.78 is 5.37. The Hall–Kier alpha value is -1.14. The first-order valence-corrected chi connectivity index (χ1v) is 8.46. The summed E-state index contributed by atoms with van der Waals surface area (Å²) >= 11 is 1.63. The molecule has 2 N–H and O–H groups in total. The maximum atomic E-state index is 11.9. The average molecular weight is 327 g/mol. The Morgan fingerprint density at radius 1 is 1.36 bits per heavy atom. The van der Waals surface area contributed by atoms with Crippen LogP contribution in [0.3, 0.4) is 0 Å². The molecule has 2 amide bonds. The van der Waals surface area contributed by atoms with Crippen LogP contribution in [0.25, 0.3) is 0 Å². The number of hydrogen-bond acceptors (Lipinski definition) is 4. The highest BCUT2D eigenvalue weighted by Gasteiger charge is 2.21. The molecule has 1 aromatic rings. The highest BCUT2D eigenvalue weighted by Crippen LogP contribution is 2.25. The molecule has 0 aromatic carbocycles. The molecule has 1 aromatic heterocycles. The molecule has 1 rings (SSSR count). The molecular formula is C16H29N3O2S. The number of hydrogen-bond donors (Lipinski definition) is 2. The number of amides is 2. The summed E-state index contributed by atoms with van der Waals surface area (Å²) in [5, 5.41) is 8.86. The molecule has 6 heteroatoms. The SMILES string of the molecule is COC(C)(C)CC(C)NC(=O)NCc1csc(C(C)(C)C)n1. The van der Waals surface area contributed by atoms with Crippen LogP contribution in [0, 0.1) is 0 Å². The maximum Gasteiger partial charge on any atom is 0.315 e. The van der Waals surface area contributed by atoms with Crippen molar-refractivity contribution in [3.8, 4) is 0 Å². The number of thiazole rings is 1. The fourth-order valence-electron chi connectivity index (χ4n) is 2.05. The second-order valence-corrected chi connectivity index (χ2v) is 8.15. The van der Waals surface area contributed by atoms with E-state index in [9.17, 15) is 4.79 Å². The van der Waals surface area contributed by atoms with Crippen molar-refractivity contribution in [3.05, 3.63) is 16.1 Å². The zero-order chi connectivity index (χ0) is 17.0. The van der Waals surface area contributed by atoms with Crippen LogP contribution < -0.4 is 10.6 Å². The van der Waals surface area contributed by atoms with Gasteiger partial charge in [0.15, 0.2) is 0 Å². The van der Waals surface area contributed by atoms with Crippen LogP contribution in [-0.2, 0) is 16.7 Å². The molecule has 1 unspecified atom stereocenters. The van der Waals surface area contributed by atoms with Gasteiger partial charge in [-0.3, -0.25) is 0 Å². The molecule has 0 saturated carbocycles. The standard InChI is InChI=1S/C16H29N3O2S/c1-11(8-16(5,6)21-7)18-14(20)17-9-12-10-22-13(19-12)15(2,3)4/h10-11H,8-9H2,1-7H3,(H2,17,18,20). The topological polar surface area (TPSA) is 63.2 Å². The third-order valence-corrected chi connectivity index (χ3v) is 4.67. The van der Waals surface area contributed by atoms with Gasteiger partial charge in [-0.1, -0.05) is 20.8 Å². The Bertz CT molecular complexity index is 492. The van der Waals surface area contributed by atoms with E-state index in [-0.39, 0.29) is 23.1 Å². The van der Waals surface area contributed by atoms with E-state index >= 15 is 0 Å². The van der Waals surface area contributed by atoms with E-state index in [1.165, 1.54) is 0 Å². The number of aromatic nitrogens is 1. The van der Waals surface area contributed by atoms with E-state index in [1.54, 1.807) is 18.4 Å². The number of urea groups is 1. The van der Waals surface area contributed by atoms with E-state index in [1.807, 2.05) is 26.2 Å². The Labute approximate surface area is 137 Å². The lowest BCUT2D eigenvalue weighted by molar-refractivity contribution is 0.00950. The summed E-state index contributed by atoms with van der Waals surface area (Å²) in [5.74, 6) is 0. The highest BCUT2D eigenvalue weighted by molar-refractivity contribution is 7.09. The normalized spacial score (nSPS) is 13.8. The van der Waals surface area contributed by atoms with Gasteiger partial charge in [-0.25, -0.2) is 9.78 Å². The van der Waals surface area contributed by atoms with E-state index in [4.69, 9.17) is 4.74 Å². The molecule has 0 bridgehead atoms. The lowest BCUT2D eigenvalue weighted by atomic mass is 9.98. The first-order valence-electron chi connectivity index (χ1n) is 7.58. The van der Waals surface area contributed by atoms with Gasteiger partial charge in [0.1, 0.15) is 0 Å². The van der Waals surface area contributed by atoms with Crippen LogP contribution in [-0.4, -0.2) is 29.8 Å². The van der Waals surface area contributed by atoms with Gasteiger partial charge < -0.3 is 15.4 Å². The molecule has 22 heavy (non-hydrogen) atoms. The molecule has 0 aliphatic carbocycles. The molecule has 0 spiro atoms. The summed E-state index contributed by atoms with van der Waals surface area (Å²) in [6, 6.07) is -0.139. The third kappa shape index (κ3) is 6.32. The van der Waals surface area contributed by atoms with Gasteiger partial charge in [0, 0.05) is 23.9 Å². The van der Waals surface area contributed by atoms with Crippen molar-refractivity contribution in [1.29, 1.82) is 0 Å². The van der Waals surface area contributed by atoms with Crippen molar-refractivity contribution < 1.29 is 9.53 Å². The van der Waals surface area contributed by atoms with Crippen LogP contribution in [0.2, 0.25) is 0 Å². The van der Waals surface area contributed by atoms with Crippen molar-refractivity contribution in [2.75, 3.05) is 7.11 Å². The van der Waals surface area contributed by atoms with Crippen LogP contribution >= 0.6 is 11.3 Å². The Morgan fingerprint density at radius 2 is 2.00 bits per heavy atom. The van der Waals surface area contributed by atoms with Crippen molar-refractivity contribution in [2.24, 2.45) is 0 Å². The van der Waals surface area contributed by atoms with Crippen LogP contribution in [0.4, 0.5) is 4.79 Å².